The molecule has 0 radical (unpaired) electrons. The molecule has 0 amide bonds. The Morgan fingerprint density at radius 2 is 1.45 bits per heavy atom. The molecule has 0 fully saturated rings. The molecule has 0 atom stereocenters. The van der Waals surface area contributed by atoms with Gasteiger partial charge in [0.2, 0.25) is 0 Å². The van der Waals surface area contributed by atoms with Crippen molar-refractivity contribution in [3.63, 3.8) is 0 Å². The molecule has 0 aliphatic heterocycles. The number of hydrogen-bond donors (Lipinski definition) is 0. The molecule has 1 aromatic rings. The minimum absolute atomic E-state index is 0.240. The predicted molar refractivity (Wildman–Crippen MR) is 46.1 cm³/mol. The van der Waals surface area contributed by atoms with Crippen molar-refractivity contribution < 1.29 is 15.7 Å². The Balaban J connectivity index is 3.46. The van der Waals surface area contributed by atoms with E-state index in [1.807, 2.05) is 0 Å². The van der Waals surface area contributed by atoms with Gasteiger partial charge in [0, 0.05) is 0 Å². The zero-order valence-corrected chi connectivity index (χ0v) is 8.99. The topological polar surface area (TPSA) is 0 Å². The third-order valence-electron chi connectivity index (χ3n) is 1.04. The van der Waals surface area contributed by atoms with Crippen LogP contribution in [0, 0.1) is 0 Å². The number of rotatable bonds is 0. The Hall–Kier alpha value is 0.886. The summed E-state index contributed by atoms with van der Waals surface area (Å²) in [7, 11) is 0. The van der Waals surface area contributed by atoms with Gasteiger partial charge in [0.1, 0.15) is 0 Å². The molecule has 11 heavy (non-hydrogen) atoms. The van der Waals surface area contributed by atoms with Gasteiger partial charge in [-0.3, -0.25) is 0 Å². The second kappa shape index (κ2) is 3.73. The van der Waals surface area contributed by atoms with Gasteiger partial charge in [-0.15, -0.1) is 0 Å². The SMILES string of the molecule is Clc1c[c]([Co])c(Cl)c(Cl)c1Cl. The van der Waals surface area contributed by atoms with Crippen molar-refractivity contribution in [2.75, 3.05) is 0 Å². The summed E-state index contributed by atoms with van der Waals surface area (Å²) in [4.78, 5) is 0. The van der Waals surface area contributed by atoms with Crippen LogP contribution in [0.4, 0.5) is 0 Å². The quantitative estimate of drug-likeness (QED) is 0.502. The average molecular weight is 274 g/mol. The molecule has 1 rings (SSSR count). The summed E-state index contributed by atoms with van der Waals surface area (Å²) < 4.78 is 0.513. The fourth-order valence-electron chi connectivity index (χ4n) is 0.533. The Kier molecular flexibility index (Phi) is 3.38. The molecule has 0 N–H and O–H groups in total. The van der Waals surface area contributed by atoms with Crippen molar-refractivity contribution in [2.45, 2.75) is 0 Å². The predicted octanol–water partition coefficient (Wildman–Crippen LogP) is 3.47. The first-order chi connectivity index (χ1) is 5.04. The van der Waals surface area contributed by atoms with Crippen LogP contribution in [-0.2, 0) is 15.7 Å². The second-order valence-electron chi connectivity index (χ2n) is 1.76. The van der Waals surface area contributed by atoms with Gasteiger partial charge in [-0.25, -0.2) is 0 Å². The monoisotopic (exact) mass is 272 g/mol. The van der Waals surface area contributed by atoms with E-state index in [0.29, 0.717) is 14.5 Å². The van der Waals surface area contributed by atoms with Gasteiger partial charge in [-0.1, -0.05) is 0 Å². The zero-order valence-electron chi connectivity index (χ0n) is 4.92. The van der Waals surface area contributed by atoms with Crippen LogP contribution in [0.25, 0.3) is 0 Å². The van der Waals surface area contributed by atoms with Gasteiger partial charge in [-0.2, -0.15) is 0 Å². The van der Waals surface area contributed by atoms with Gasteiger partial charge in [0.15, 0.2) is 0 Å². The van der Waals surface area contributed by atoms with E-state index in [1.54, 1.807) is 0 Å². The van der Waals surface area contributed by atoms with Crippen molar-refractivity contribution in [2.24, 2.45) is 0 Å². The van der Waals surface area contributed by atoms with Crippen LogP contribution in [-0.4, -0.2) is 0 Å². The van der Waals surface area contributed by atoms with Crippen LogP contribution in [0.5, 0.6) is 0 Å². The summed E-state index contributed by atoms with van der Waals surface area (Å²) in [6.45, 7) is 0. The van der Waals surface area contributed by atoms with E-state index < -0.39 is 0 Å². The molecule has 0 bridgehead atoms. The van der Waals surface area contributed by atoms with Crippen LogP contribution < -0.4 is 4.50 Å². The fourth-order valence-corrected chi connectivity index (χ4v) is 1.76. The molecule has 0 nitrogen and oxygen atoms in total. The van der Waals surface area contributed by atoms with Gasteiger partial charge in [0.05, 0.1) is 0 Å². The Morgan fingerprint density at radius 1 is 0.909 bits per heavy atom. The third-order valence-corrected chi connectivity index (χ3v) is 3.34. The number of halogens is 4. The summed E-state index contributed by atoms with van der Waals surface area (Å²) in [5.74, 6) is 0. The summed E-state index contributed by atoms with van der Waals surface area (Å²) in [5.41, 5.74) is 0. The molecule has 0 aromatic heterocycles. The van der Waals surface area contributed by atoms with Crippen molar-refractivity contribution in [1.82, 2.24) is 0 Å². The van der Waals surface area contributed by atoms with E-state index in [1.165, 1.54) is 6.07 Å². The van der Waals surface area contributed by atoms with Gasteiger partial charge in [0.25, 0.3) is 0 Å². The fraction of sp³-hybridized carbons (Fsp3) is 0. The number of hydrogen-bond acceptors (Lipinski definition) is 0. The van der Waals surface area contributed by atoms with Crippen molar-refractivity contribution in [1.29, 1.82) is 0 Å². The summed E-state index contributed by atoms with van der Waals surface area (Å²) in [6.07, 6.45) is 0. The molecule has 1 aromatic carbocycles. The second-order valence-corrected chi connectivity index (χ2v) is 3.86. The van der Waals surface area contributed by atoms with Crippen LogP contribution in [0.2, 0.25) is 20.1 Å². The third kappa shape index (κ3) is 1.97. The summed E-state index contributed by atoms with van der Waals surface area (Å²) >= 11 is 26.8. The van der Waals surface area contributed by atoms with E-state index >= 15 is 0 Å². The molecule has 0 saturated carbocycles. The molecular formula is C6HCl4Co. The molecular weight excluding hydrogens is 273 g/mol. The van der Waals surface area contributed by atoms with E-state index in [-0.39, 0.29) is 10.0 Å². The Morgan fingerprint density at radius 3 is 2.00 bits per heavy atom. The first-order valence-electron chi connectivity index (χ1n) is 2.50. The molecule has 0 heterocycles. The first kappa shape index (κ1) is 9.97. The van der Waals surface area contributed by atoms with E-state index in [9.17, 15) is 0 Å². The van der Waals surface area contributed by atoms with Gasteiger partial charge >= 0.3 is 92.8 Å². The summed E-state index contributed by atoms with van der Waals surface area (Å²) in [5, 5.41) is 1.17. The molecule has 0 unspecified atom stereocenters. The molecule has 0 aliphatic carbocycles. The minimum atomic E-state index is 0.240. The van der Waals surface area contributed by atoms with Gasteiger partial charge in [-0.05, 0) is 0 Å². The first-order valence-corrected chi connectivity index (χ1v) is 4.53. The van der Waals surface area contributed by atoms with Crippen molar-refractivity contribution in [3.05, 3.63) is 26.2 Å². The zero-order chi connectivity index (χ0) is 8.59. The maximum atomic E-state index is 5.70. The van der Waals surface area contributed by atoms with Crippen LogP contribution >= 0.6 is 46.4 Å². The van der Waals surface area contributed by atoms with E-state index in [4.69, 9.17) is 46.4 Å². The van der Waals surface area contributed by atoms with Crippen molar-refractivity contribution >= 4 is 50.9 Å². The van der Waals surface area contributed by atoms with Gasteiger partial charge < -0.3 is 0 Å². The van der Waals surface area contributed by atoms with Crippen LogP contribution in [0.15, 0.2) is 6.07 Å². The summed E-state index contributed by atoms with van der Waals surface area (Å²) in [6, 6.07) is 1.54. The molecule has 62 valence electrons. The maximum absolute atomic E-state index is 5.70. The Labute approximate surface area is 92.4 Å². The van der Waals surface area contributed by atoms with Crippen LogP contribution in [0.1, 0.15) is 0 Å². The number of benzene rings is 1. The molecule has 0 spiro atoms. The van der Waals surface area contributed by atoms with E-state index in [2.05, 4.69) is 15.7 Å². The molecule has 5 heteroatoms. The molecule has 0 saturated heterocycles. The molecule has 0 aliphatic rings. The average Bonchev–Trinajstić information content (AvgIpc) is 1.97. The normalized spacial score (nSPS) is 10.4. The van der Waals surface area contributed by atoms with E-state index in [0.717, 1.165) is 0 Å². The Bertz CT molecular complexity index is 271. The standard InChI is InChI=1S/C6HCl4.Co/c7-3-1-2-4(8)6(10)5(3)9;/h1H;. The van der Waals surface area contributed by atoms with Crippen molar-refractivity contribution in [3.8, 4) is 0 Å². The van der Waals surface area contributed by atoms with Crippen LogP contribution in [0.3, 0.4) is 0 Å².